The Bertz CT molecular complexity index is 301. The fraction of sp³-hybridized carbons (Fsp3) is 0.867. The van der Waals surface area contributed by atoms with E-state index in [9.17, 15) is 9.59 Å². The maximum absolute atomic E-state index is 12.1. The van der Waals surface area contributed by atoms with Gasteiger partial charge in [0.25, 0.3) is 0 Å². The number of hydrogen-bond donors (Lipinski definition) is 2. The number of carboxylic acid groups (broad SMARTS) is 1. The zero-order valence-electron chi connectivity index (χ0n) is 12.6. The van der Waals surface area contributed by atoms with Crippen LogP contribution in [0.1, 0.15) is 58.3 Å². The highest BCUT2D eigenvalue weighted by Crippen LogP contribution is 2.24. The van der Waals surface area contributed by atoms with Crippen molar-refractivity contribution in [2.24, 2.45) is 5.92 Å². The highest BCUT2D eigenvalue weighted by Gasteiger charge is 2.20. The van der Waals surface area contributed by atoms with Crippen LogP contribution in [0.15, 0.2) is 0 Å². The Kier molecular flexibility index (Phi) is 8.07. The third-order valence-corrected chi connectivity index (χ3v) is 3.83. The Morgan fingerprint density at radius 3 is 2.55 bits per heavy atom. The summed E-state index contributed by atoms with van der Waals surface area (Å²) in [6, 6.07) is -0.0391. The highest BCUT2D eigenvalue weighted by molar-refractivity contribution is 5.74. The molecule has 1 saturated carbocycles. The summed E-state index contributed by atoms with van der Waals surface area (Å²) >= 11 is 0. The summed E-state index contributed by atoms with van der Waals surface area (Å²) in [4.78, 5) is 24.4. The molecular weight excluding hydrogens is 256 g/mol. The van der Waals surface area contributed by atoms with E-state index in [1.165, 1.54) is 32.1 Å². The summed E-state index contributed by atoms with van der Waals surface area (Å²) in [5.41, 5.74) is 0. The van der Waals surface area contributed by atoms with Gasteiger partial charge in [0, 0.05) is 26.1 Å². The molecule has 20 heavy (non-hydrogen) atoms. The summed E-state index contributed by atoms with van der Waals surface area (Å²) in [6.07, 6.45) is 7.90. The summed E-state index contributed by atoms with van der Waals surface area (Å²) in [6.45, 7) is 4.14. The fourth-order valence-corrected chi connectivity index (χ4v) is 2.77. The molecule has 1 fully saturated rings. The number of amides is 2. The van der Waals surface area contributed by atoms with E-state index in [-0.39, 0.29) is 12.5 Å². The monoisotopic (exact) mass is 284 g/mol. The first kappa shape index (κ1) is 16.8. The molecule has 0 saturated heterocycles. The molecule has 2 amide bonds. The van der Waals surface area contributed by atoms with Crippen molar-refractivity contribution in [3.8, 4) is 0 Å². The van der Waals surface area contributed by atoms with Gasteiger partial charge >= 0.3 is 12.0 Å². The average Bonchev–Trinajstić information content (AvgIpc) is 2.44. The molecule has 0 aromatic rings. The Balaban J connectivity index is 2.31. The predicted octanol–water partition coefficient (Wildman–Crippen LogP) is 2.85. The van der Waals surface area contributed by atoms with Gasteiger partial charge in [0.15, 0.2) is 0 Å². The number of hydrogen-bond acceptors (Lipinski definition) is 2. The lowest BCUT2D eigenvalue weighted by Crippen LogP contribution is -2.43. The van der Waals surface area contributed by atoms with Crippen LogP contribution in [0.5, 0.6) is 0 Å². The summed E-state index contributed by atoms with van der Waals surface area (Å²) in [5.74, 6) is -0.174. The van der Waals surface area contributed by atoms with Crippen LogP contribution in [-0.4, -0.2) is 41.6 Å². The minimum absolute atomic E-state index is 0.0391. The number of nitrogens with zero attached hydrogens (tertiary/aromatic N) is 1. The number of rotatable bonds is 8. The van der Waals surface area contributed by atoms with Gasteiger partial charge in [-0.05, 0) is 31.6 Å². The molecule has 2 N–H and O–H groups in total. The standard InChI is InChI=1S/C15H28N2O3/c1-2-11-17(12-13-7-4-3-5-8-13)15(20)16-10-6-9-14(18)19/h13H,2-12H2,1H3,(H,16,20)(H,18,19). The van der Waals surface area contributed by atoms with Crippen molar-refractivity contribution in [2.45, 2.75) is 58.3 Å². The molecule has 5 heteroatoms. The third-order valence-electron chi connectivity index (χ3n) is 3.83. The number of carboxylic acids is 1. The van der Waals surface area contributed by atoms with Crippen molar-refractivity contribution in [3.63, 3.8) is 0 Å². The Labute approximate surface area is 121 Å². The first-order chi connectivity index (χ1) is 9.63. The number of carbonyl (C=O) groups excluding carboxylic acids is 1. The second-order valence-corrected chi connectivity index (χ2v) is 5.68. The lowest BCUT2D eigenvalue weighted by molar-refractivity contribution is -0.137. The molecule has 116 valence electrons. The Hall–Kier alpha value is -1.26. The van der Waals surface area contributed by atoms with Gasteiger partial charge in [-0.2, -0.15) is 0 Å². The van der Waals surface area contributed by atoms with Crippen LogP contribution in [0.25, 0.3) is 0 Å². The van der Waals surface area contributed by atoms with E-state index in [0.717, 1.165) is 19.5 Å². The van der Waals surface area contributed by atoms with E-state index in [4.69, 9.17) is 5.11 Å². The van der Waals surface area contributed by atoms with Gasteiger partial charge < -0.3 is 15.3 Å². The van der Waals surface area contributed by atoms with Gasteiger partial charge in [-0.15, -0.1) is 0 Å². The van der Waals surface area contributed by atoms with Crippen molar-refractivity contribution < 1.29 is 14.7 Å². The highest BCUT2D eigenvalue weighted by atomic mass is 16.4. The van der Waals surface area contributed by atoms with Crippen LogP contribution in [-0.2, 0) is 4.79 Å². The first-order valence-electron chi connectivity index (χ1n) is 7.88. The summed E-state index contributed by atoms with van der Waals surface area (Å²) < 4.78 is 0. The molecule has 1 aliphatic rings. The van der Waals surface area contributed by atoms with Crippen LogP contribution in [0.2, 0.25) is 0 Å². The molecule has 0 aromatic heterocycles. The van der Waals surface area contributed by atoms with Crippen molar-refractivity contribution in [1.29, 1.82) is 0 Å². The van der Waals surface area contributed by atoms with Gasteiger partial charge in [0.2, 0.25) is 0 Å². The van der Waals surface area contributed by atoms with Crippen LogP contribution < -0.4 is 5.32 Å². The maximum atomic E-state index is 12.1. The predicted molar refractivity (Wildman–Crippen MR) is 78.7 cm³/mol. The van der Waals surface area contributed by atoms with Crippen LogP contribution >= 0.6 is 0 Å². The van der Waals surface area contributed by atoms with Gasteiger partial charge in [-0.3, -0.25) is 4.79 Å². The molecule has 0 heterocycles. The van der Waals surface area contributed by atoms with Crippen molar-refractivity contribution in [1.82, 2.24) is 10.2 Å². The molecular formula is C15H28N2O3. The molecule has 0 bridgehead atoms. The zero-order chi connectivity index (χ0) is 14.8. The van der Waals surface area contributed by atoms with Crippen LogP contribution in [0.3, 0.4) is 0 Å². The van der Waals surface area contributed by atoms with Gasteiger partial charge in [-0.1, -0.05) is 26.2 Å². The topological polar surface area (TPSA) is 69.6 Å². The summed E-state index contributed by atoms with van der Waals surface area (Å²) in [7, 11) is 0. The number of urea groups is 1. The summed E-state index contributed by atoms with van der Waals surface area (Å²) in [5, 5.41) is 11.4. The van der Waals surface area contributed by atoms with Gasteiger partial charge in [0.1, 0.15) is 0 Å². The molecule has 0 aliphatic heterocycles. The largest absolute Gasteiger partial charge is 0.481 e. The molecule has 0 atom stereocenters. The van der Waals surface area contributed by atoms with Crippen LogP contribution in [0.4, 0.5) is 4.79 Å². The molecule has 0 radical (unpaired) electrons. The van der Waals surface area contributed by atoms with E-state index in [0.29, 0.717) is 18.9 Å². The second-order valence-electron chi connectivity index (χ2n) is 5.68. The van der Waals surface area contributed by atoms with E-state index in [1.54, 1.807) is 0 Å². The maximum Gasteiger partial charge on any atom is 0.317 e. The molecule has 0 spiro atoms. The molecule has 0 aromatic carbocycles. The van der Waals surface area contributed by atoms with Crippen molar-refractivity contribution in [3.05, 3.63) is 0 Å². The van der Waals surface area contributed by atoms with E-state index in [2.05, 4.69) is 12.2 Å². The quantitative estimate of drug-likeness (QED) is 0.673. The minimum atomic E-state index is -0.813. The average molecular weight is 284 g/mol. The molecule has 0 unspecified atom stereocenters. The first-order valence-corrected chi connectivity index (χ1v) is 7.88. The number of carbonyl (C=O) groups is 2. The van der Waals surface area contributed by atoms with Crippen molar-refractivity contribution >= 4 is 12.0 Å². The van der Waals surface area contributed by atoms with Gasteiger partial charge in [0.05, 0.1) is 0 Å². The second kappa shape index (κ2) is 9.61. The molecule has 1 aliphatic carbocycles. The molecule has 1 rings (SSSR count). The smallest absolute Gasteiger partial charge is 0.317 e. The van der Waals surface area contributed by atoms with E-state index >= 15 is 0 Å². The minimum Gasteiger partial charge on any atom is -0.481 e. The Morgan fingerprint density at radius 1 is 1.25 bits per heavy atom. The normalized spacial score (nSPS) is 15.8. The fourth-order valence-electron chi connectivity index (χ4n) is 2.77. The van der Waals surface area contributed by atoms with E-state index < -0.39 is 5.97 Å². The third kappa shape index (κ3) is 6.78. The number of nitrogens with one attached hydrogen (secondary N) is 1. The SMILES string of the molecule is CCCN(CC1CCCCC1)C(=O)NCCCC(=O)O. The zero-order valence-corrected chi connectivity index (χ0v) is 12.6. The lowest BCUT2D eigenvalue weighted by Gasteiger charge is -2.29. The lowest BCUT2D eigenvalue weighted by atomic mass is 9.89. The number of aliphatic carboxylic acids is 1. The van der Waals surface area contributed by atoms with E-state index in [1.807, 2.05) is 4.90 Å². The van der Waals surface area contributed by atoms with Crippen LogP contribution in [0, 0.1) is 5.92 Å². The Morgan fingerprint density at radius 2 is 1.95 bits per heavy atom. The van der Waals surface area contributed by atoms with Gasteiger partial charge in [-0.25, -0.2) is 4.79 Å². The van der Waals surface area contributed by atoms with Crippen molar-refractivity contribution in [2.75, 3.05) is 19.6 Å². The molecule has 5 nitrogen and oxygen atoms in total.